The van der Waals surface area contributed by atoms with Crippen molar-refractivity contribution in [3.8, 4) is 0 Å². The van der Waals surface area contributed by atoms with Gasteiger partial charge in [0.25, 0.3) is 0 Å². The van der Waals surface area contributed by atoms with Crippen molar-refractivity contribution in [3.63, 3.8) is 0 Å². The first-order valence-electron chi connectivity index (χ1n) is 9.95. The van der Waals surface area contributed by atoms with Crippen LogP contribution in [0.5, 0.6) is 0 Å². The van der Waals surface area contributed by atoms with Gasteiger partial charge < -0.3 is 0 Å². The maximum atomic E-state index is 2.61. The van der Waals surface area contributed by atoms with Crippen LogP contribution in [0.3, 0.4) is 0 Å². The van der Waals surface area contributed by atoms with Crippen LogP contribution in [-0.2, 0) is 13.1 Å². The Morgan fingerprint density at radius 3 is 1.41 bits per heavy atom. The van der Waals surface area contributed by atoms with E-state index in [2.05, 4.69) is 74.2 Å². The van der Waals surface area contributed by atoms with Crippen LogP contribution < -0.4 is 0 Å². The van der Waals surface area contributed by atoms with Crippen molar-refractivity contribution < 1.29 is 0 Å². The van der Waals surface area contributed by atoms with Crippen molar-refractivity contribution in [2.24, 2.45) is 0 Å². The van der Waals surface area contributed by atoms with Gasteiger partial charge in [0.05, 0.1) is 0 Å². The van der Waals surface area contributed by atoms with E-state index in [4.69, 9.17) is 0 Å². The van der Waals surface area contributed by atoms with E-state index in [-0.39, 0.29) is 5.54 Å². The molecule has 27 heavy (non-hydrogen) atoms. The standard InChI is InChI=1S/C26H21N/c1-26(2,3)27-12-18-10-16-8-6-14-4-5-15-7-9-17-11-19(13-27)20(18)25-23(16)21(14)22(15)24(17)25/h4-11H,12-13H2,1-3H3. The molecule has 0 radical (unpaired) electrons. The van der Waals surface area contributed by atoms with Crippen LogP contribution in [0.2, 0.25) is 0 Å². The van der Waals surface area contributed by atoms with Crippen LogP contribution in [0, 0.1) is 0 Å². The number of nitrogens with zero attached hydrogens (tertiary/aromatic N) is 1. The molecule has 1 aliphatic heterocycles. The van der Waals surface area contributed by atoms with E-state index in [9.17, 15) is 0 Å². The fraction of sp³-hybridized carbons (Fsp3) is 0.231. The molecular weight excluding hydrogens is 326 g/mol. The third-order valence-corrected chi connectivity index (χ3v) is 6.95. The average molecular weight is 347 g/mol. The Kier molecular flexibility index (Phi) is 2.28. The van der Waals surface area contributed by atoms with Gasteiger partial charge in [0.1, 0.15) is 0 Å². The summed E-state index contributed by atoms with van der Waals surface area (Å²) < 4.78 is 0. The van der Waals surface area contributed by atoms with Crippen molar-refractivity contribution in [2.45, 2.75) is 39.4 Å². The third-order valence-electron chi connectivity index (χ3n) is 6.95. The number of benzene rings is 5. The lowest BCUT2D eigenvalue weighted by atomic mass is 9.87. The summed E-state index contributed by atoms with van der Waals surface area (Å²) in [6.45, 7) is 9.08. The lowest BCUT2D eigenvalue weighted by molar-refractivity contribution is 0.116. The molecule has 0 saturated carbocycles. The third kappa shape index (κ3) is 1.57. The second-order valence-electron chi connectivity index (χ2n) is 9.44. The quantitative estimate of drug-likeness (QED) is 0.271. The van der Waals surface area contributed by atoms with Gasteiger partial charge in [0.15, 0.2) is 0 Å². The van der Waals surface area contributed by atoms with E-state index < -0.39 is 0 Å². The molecule has 0 N–H and O–H groups in total. The van der Waals surface area contributed by atoms with Gasteiger partial charge in [0.2, 0.25) is 0 Å². The number of hydrogen-bond donors (Lipinski definition) is 0. The van der Waals surface area contributed by atoms with Gasteiger partial charge in [-0.2, -0.15) is 0 Å². The smallest absolute Gasteiger partial charge is 0.0248 e. The molecule has 1 heterocycles. The summed E-state index contributed by atoms with van der Waals surface area (Å²) in [4.78, 5) is 2.61. The molecule has 6 aromatic rings. The number of hydrogen-bond acceptors (Lipinski definition) is 1. The lowest BCUT2D eigenvalue weighted by Gasteiger charge is -2.39. The highest BCUT2D eigenvalue weighted by Gasteiger charge is 2.30. The minimum atomic E-state index is 0.172. The van der Waals surface area contributed by atoms with E-state index in [1.165, 1.54) is 65.0 Å². The molecule has 0 fully saturated rings. The molecule has 0 amide bonds. The van der Waals surface area contributed by atoms with Gasteiger partial charge in [-0.1, -0.05) is 36.4 Å². The highest BCUT2D eigenvalue weighted by atomic mass is 15.2. The van der Waals surface area contributed by atoms with Gasteiger partial charge >= 0.3 is 0 Å². The SMILES string of the molecule is CC(C)(C)N1Cc2cc3ccc4ccc5ccc6cc(c2c2c3c4c5c62)C1. The van der Waals surface area contributed by atoms with E-state index in [0.717, 1.165) is 13.1 Å². The van der Waals surface area contributed by atoms with E-state index in [0.29, 0.717) is 0 Å². The summed E-state index contributed by atoms with van der Waals surface area (Å²) in [7, 11) is 0. The summed E-state index contributed by atoms with van der Waals surface area (Å²) in [5.41, 5.74) is 3.17. The monoisotopic (exact) mass is 347 g/mol. The van der Waals surface area contributed by atoms with Crippen molar-refractivity contribution >= 4 is 53.9 Å². The minimum absolute atomic E-state index is 0.172. The van der Waals surface area contributed by atoms with Gasteiger partial charge in [-0.25, -0.2) is 0 Å². The van der Waals surface area contributed by atoms with Crippen LogP contribution in [0.4, 0.5) is 0 Å². The normalized spacial score (nSPS) is 16.3. The molecule has 0 atom stereocenters. The lowest BCUT2D eigenvalue weighted by Crippen LogP contribution is -2.41. The summed E-state index contributed by atoms with van der Waals surface area (Å²) in [5.74, 6) is 0. The molecule has 0 saturated heterocycles. The minimum Gasteiger partial charge on any atom is -0.290 e. The zero-order chi connectivity index (χ0) is 18.1. The fourth-order valence-corrected chi connectivity index (χ4v) is 5.66. The molecule has 0 aliphatic carbocycles. The van der Waals surface area contributed by atoms with Crippen LogP contribution >= 0.6 is 0 Å². The van der Waals surface area contributed by atoms with Crippen molar-refractivity contribution in [1.82, 2.24) is 4.90 Å². The van der Waals surface area contributed by atoms with Crippen LogP contribution in [0.1, 0.15) is 31.9 Å². The van der Waals surface area contributed by atoms with Crippen LogP contribution in [0.25, 0.3) is 53.9 Å². The van der Waals surface area contributed by atoms with Gasteiger partial charge in [0, 0.05) is 18.6 Å². The molecule has 6 aromatic carbocycles. The molecule has 0 aromatic heterocycles. The second-order valence-corrected chi connectivity index (χ2v) is 9.44. The first-order chi connectivity index (χ1) is 13.0. The highest BCUT2D eigenvalue weighted by molar-refractivity contribution is 6.44. The van der Waals surface area contributed by atoms with Crippen molar-refractivity contribution in [3.05, 3.63) is 59.7 Å². The molecule has 130 valence electrons. The summed E-state index contributed by atoms with van der Waals surface area (Å²) in [6.07, 6.45) is 0. The maximum absolute atomic E-state index is 2.61. The first kappa shape index (κ1) is 14.4. The van der Waals surface area contributed by atoms with Crippen LogP contribution in [-0.4, -0.2) is 10.4 Å². The number of rotatable bonds is 0. The van der Waals surface area contributed by atoms with E-state index in [1.54, 1.807) is 0 Å². The molecule has 1 heteroatoms. The first-order valence-corrected chi connectivity index (χ1v) is 9.95. The fourth-order valence-electron chi connectivity index (χ4n) is 5.66. The molecule has 0 bridgehead atoms. The van der Waals surface area contributed by atoms with Gasteiger partial charge in [-0.3, -0.25) is 4.90 Å². The molecule has 7 rings (SSSR count). The second kappa shape index (κ2) is 4.26. The van der Waals surface area contributed by atoms with Gasteiger partial charge in [-0.15, -0.1) is 0 Å². The predicted octanol–water partition coefficient (Wildman–Crippen LogP) is 6.88. The molecular formula is C26H21N. The molecule has 1 nitrogen and oxygen atoms in total. The molecule has 0 spiro atoms. The Bertz CT molecular complexity index is 1390. The maximum Gasteiger partial charge on any atom is 0.0248 e. The van der Waals surface area contributed by atoms with Crippen molar-refractivity contribution in [2.75, 3.05) is 0 Å². The van der Waals surface area contributed by atoms with Gasteiger partial charge in [-0.05, 0) is 97.9 Å². The summed E-state index contributed by atoms with van der Waals surface area (Å²) >= 11 is 0. The largest absolute Gasteiger partial charge is 0.290 e. The summed E-state index contributed by atoms with van der Waals surface area (Å²) in [5, 5.41) is 14.6. The average Bonchev–Trinajstić information content (AvgIpc) is 3.01. The molecule has 1 aliphatic rings. The Hall–Kier alpha value is -2.64. The molecule has 0 unspecified atom stereocenters. The summed E-state index contributed by atoms with van der Waals surface area (Å²) in [6, 6.07) is 18.8. The zero-order valence-electron chi connectivity index (χ0n) is 16.0. The Balaban J connectivity index is 1.78. The van der Waals surface area contributed by atoms with E-state index >= 15 is 0 Å². The van der Waals surface area contributed by atoms with Crippen LogP contribution in [0.15, 0.2) is 48.5 Å². The Morgan fingerprint density at radius 2 is 0.963 bits per heavy atom. The predicted molar refractivity (Wildman–Crippen MR) is 117 cm³/mol. The Morgan fingerprint density at radius 1 is 0.556 bits per heavy atom. The zero-order valence-corrected chi connectivity index (χ0v) is 16.0. The topological polar surface area (TPSA) is 3.24 Å². The van der Waals surface area contributed by atoms with E-state index in [1.807, 2.05) is 0 Å². The Labute approximate surface area is 158 Å². The highest BCUT2D eigenvalue weighted by Crippen LogP contribution is 2.51. The van der Waals surface area contributed by atoms with Crippen molar-refractivity contribution in [1.29, 1.82) is 0 Å².